The van der Waals surface area contributed by atoms with Gasteiger partial charge in [0, 0.05) is 32.1 Å². The van der Waals surface area contributed by atoms with Crippen molar-refractivity contribution in [3.63, 3.8) is 0 Å². The Morgan fingerprint density at radius 3 is 2.49 bits per heavy atom. The Hall–Kier alpha value is -4.04. The maximum atomic E-state index is 13.0. The van der Waals surface area contributed by atoms with Gasteiger partial charge in [0.25, 0.3) is 11.8 Å². The molecule has 0 fully saturated rings. The second kappa shape index (κ2) is 10.1. The zero-order valence-corrected chi connectivity index (χ0v) is 21.5. The number of ether oxygens (including phenoxy) is 2. The molecule has 8 heteroatoms. The molecule has 2 amide bonds. The fourth-order valence-corrected chi connectivity index (χ4v) is 4.78. The van der Waals surface area contributed by atoms with Gasteiger partial charge in [0.1, 0.15) is 11.3 Å². The minimum Gasteiger partial charge on any atom is -0.489 e. The van der Waals surface area contributed by atoms with E-state index in [-0.39, 0.29) is 17.9 Å². The quantitative estimate of drug-likeness (QED) is 0.416. The van der Waals surface area contributed by atoms with Gasteiger partial charge in [0.15, 0.2) is 0 Å². The predicted molar refractivity (Wildman–Crippen MR) is 141 cm³/mol. The molecule has 3 aromatic rings. The average Bonchev–Trinajstić information content (AvgIpc) is 3.39. The van der Waals surface area contributed by atoms with Crippen LogP contribution in [0.1, 0.15) is 44.3 Å². The van der Waals surface area contributed by atoms with Crippen LogP contribution in [0.5, 0.6) is 11.6 Å². The highest BCUT2D eigenvalue weighted by Crippen LogP contribution is 2.38. The van der Waals surface area contributed by atoms with E-state index in [0.717, 1.165) is 17.7 Å². The summed E-state index contributed by atoms with van der Waals surface area (Å²) in [6, 6.07) is 15.5. The number of hydrogen-bond donors (Lipinski definition) is 0. The molecule has 2 aromatic carbocycles. The van der Waals surface area contributed by atoms with Gasteiger partial charge >= 0.3 is 0 Å². The van der Waals surface area contributed by atoms with Crippen LogP contribution in [0, 0.1) is 0 Å². The van der Waals surface area contributed by atoms with Gasteiger partial charge in [0.2, 0.25) is 5.88 Å². The molecule has 2 aliphatic rings. The van der Waals surface area contributed by atoms with Crippen LogP contribution in [0.4, 0.5) is 5.69 Å². The van der Waals surface area contributed by atoms with Gasteiger partial charge in [-0.15, -0.1) is 0 Å². The van der Waals surface area contributed by atoms with Crippen molar-refractivity contribution in [2.45, 2.75) is 25.9 Å². The number of imide groups is 1. The molecule has 1 aromatic heterocycles. The fraction of sp³-hybridized carbons (Fsp3) is 0.310. The molecule has 0 spiro atoms. The smallest absolute Gasteiger partial charge is 0.261 e. The van der Waals surface area contributed by atoms with Gasteiger partial charge in [-0.25, -0.2) is 4.98 Å². The monoisotopic (exact) mass is 498 g/mol. The number of benzene rings is 2. The van der Waals surface area contributed by atoms with E-state index < -0.39 is 0 Å². The minimum absolute atomic E-state index is 0.0928. The zero-order chi connectivity index (χ0) is 26.1. The third kappa shape index (κ3) is 4.84. The molecule has 0 aliphatic carbocycles. The van der Waals surface area contributed by atoms with Gasteiger partial charge in [-0.2, -0.15) is 0 Å². The molecular formula is C29H30N4O4. The van der Waals surface area contributed by atoms with E-state index in [9.17, 15) is 9.59 Å². The molecule has 5 rings (SSSR count). The molecule has 0 saturated carbocycles. The maximum Gasteiger partial charge on any atom is 0.261 e. The lowest BCUT2D eigenvalue weighted by Gasteiger charge is -2.19. The van der Waals surface area contributed by atoms with Crippen molar-refractivity contribution in [2.75, 3.05) is 34.3 Å². The molecule has 37 heavy (non-hydrogen) atoms. The van der Waals surface area contributed by atoms with E-state index in [1.807, 2.05) is 50.2 Å². The first-order chi connectivity index (χ1) is 17.9. The predicted octanol–water partition coefficient (Wildman–Crippen LogP) is 3.93. The van der Waals surface area contributed by atoms with Crippen LogP contribution >= 0.6 is 0 Å². The number of nitrogens with zero attached hydrogens (tertiary/aromatic N) is 4. The first kappa shape index (κ1) is 24.6. The zero-order valence-electron chi connectivity index (χ0n) is 21.5. The topological polar surface area (TPSA) is 84.3 Å². The van der Waals surface area contributed by atoms with E-state index in [1.165, 1.54) is 10.5 Å². The number of hydrogen-bond acceptors (Lipinski definition) is 7. The first-order valence-electron chi connectivity index (χ1n) is 12.3. The summed E-state index contributed by atoms with van der Waals surface area (Å²) in [6.45, 7) is 2.99. The second-order valence-electron chi connectivity index (χ2n) is 9.64. The molecule has 3 heterocycles. The number of rotatable bonds is 9. The third-order valence-corrected chi connectivity index (χ3v) is 6.61. The lowest BCUT2D eigenvalue weighted by atomic mass is 10.00. The Morgan fingerprint density at radius 2 is 1.78 bits per heavy atom. The molecule has 190 valence electrons. The molecule has 8 nitrogen and oxygen atoms in total. The van der Waals surface area contributed by atoms with Crippen LogP contribution in [0.3, 0.4) is 0 Å². The van der Waals surface area contributed by atoms with Crippen molar-refractivity contribution < 1.29 is 19.1 Å². The molecule has 0 saturated heterocycles. The van der Waals surface area contributed by atoms with E-state index in [0.29, 0.717) is 53.5 Å². The summed E-state index contributed by atoms with van der Waals surface area (Å²) in [5, 5.41) is 0. The van der Waals surface area contributed by atoms with Gasteiger partial charge < -0.3 is 14.4 Å². The third-order valence-electron chi connectivity index (χ3n) is 6.61. The SMILES string of the molecule is COc1nccc(OC(C)Cc2ccccc2)c1C1=Nc2cc3c(cc2C1)C(=O)N(CCN(C)C)C3=O. The number of likely N-dealkylation sites (N-methyl/N-ethyl adjacent to an activating group) is 1. The minimum atomic E-state index is -0.272. The summed E-state index contributed by atoms with van der Waals surface area (Å²) in [6.07, 6.45) is 2.79. The van der Waals surface area contributed by atoms with Crippen molar-refractivity contribution in [1.82, 2.24) is 14.8 Å². The van der Waals surface area contributed by atoms with Gasteiger partial charge in [-0.3, -0.25) is 19.5 Å². The summed E-state index contributed by atoms with van der Waals surface area (Å²) in [7, 11) is 5.39. The number of carbonyl (C=O) groups excluding carboxylic acids is 2. The van der Waals surface area contributed by atoms with Crippen LogP contribution in [0.25, 0.3) is 0 Å². The Morgan fingerprint density at radius 1 is 1.05 bits per heavy atom. The van der Waals surface area contributed by atoms with Crippen LogP contribution < -0.4 is 9.47 Å². The summed E-state index contributed by atoms with van der Waals surface area (Å²) in [4.78, 5) is 38.5. The number of fused-ring (bicyclic) bond motifs is 2. The molecule has 1 unspecified atom stereocenters. The van der Waals surface area contributed by atoms with Gasteiger partial charge in [-0.05, 0) is 50.3 Å². The number of aromatic nitrogens is 1. The van der Waals surface area contributed by atoms with E-state index >= 15 is 0 Å². The van der Waals surface area contributed by atoms with Crippen molar-refractivity contribution in [3.8, 4) is 11.6 Å². The Bertz CT molecular complexity index is 1380. The highest BCUT2D eigenvalue weighted by atomic mass is 16.5. The Balaban J connectivity index is 1.43. The largest absolute Gasteiger partial charge is 0.489 e. The van der Waals surface area contributed by atoms with Crippen LogP contribution in [0.2, 0.25) is 0 Å². The average molecular weight is 499 g/mol. The lowest BCUT2D eigenvalue weighted by molar-refractivity contribution is 0.0645. The van der Waals surface area contributed by atoms with Gasteiger partial charge in [-0.1, -0.05) is 30.3 Å². The van der Waals surface area contributed by atoms with Crippen LogP contribution in [-0.2, 0) is 12.8 Å². The summed E-state index contributed by atoms with van der Waals surface area (Å²) in [5.74, 6) is 0.531. The molecule has 1 atom stereocenters. The van der Waals surface area contributed by atoms with Crippen molar-refractivity contribution in [1.29, 1.82) is 0 Å². The number of carbonyl (C=O) groups is 2. The van der Waals surface area contributed by atoms with Crippen molar-refractivity contribution in [3.05, 3.63) is 82.5 Å². The van der Waals surface area contributed by atoms with Crippen molar-refractivity contribution >= 4 is 23.2 Å². The lowest BCUT2D eigenvalue weighted by Crippen LogP contribution is -2.35. The van der Waals surface area contributed by atoms with E-state index in [4.69, 9.17) is 14.5 Å². The number of methoxy groups -OCH3 is 1. The molecule has 0 radical (unpaired) electrons. The molecule has 0 N–H and O–H groups in total. The standard InChI is InChI=1S/C29H30N4O4/c1-18(14-19-8-6-5-7-9-19)37-25-10-11-30-27(36-4)26(25)24-16-20-15-21-22(17-23(20)31-24)29(35)33(28(21)34)13-12-32(2)3/h5-11,15,17-18H,12-14,16H2,1-4H3. The molecule has 2 aliphatic heterocycles. The summed E-state index contributed by atoms with van der Waals surface area (Å²) >= 11 is 0. The number of amides is 2. The van der Waals surface area contributed by atoms with Crippen LogP contribution in [-0.4, -0.2) is 72.7 Å². The molecule has 0 bridgehead atoms. The second-order valence-corrected chi connectivity index (χ2v) is 9.64. The number of aliphatic imine (C=N–C) groups is 1. The Kier molecular flexibility index (Phi) is 6.76. The highest BCUT2D eigenvalue weighted by Gasteiger charge is 2.37. The number of pyridine rings is 1. The summed E-state index contributed by atoms with van der Waals surface area (Å²) < 4.78 is 11.9. The highest BCUT2D eigenvalue weighted by molar-refractivity contribution is 6.22. The van der Waals surface area contributed by atoms with E-state index in [1.54, 1.807) is 25.4 Å². The first-order valence-corrected chi connectivity index (χ1v) is 12.3. The molecular weight excluding hydrogens is 468 g/mol. The fourth-order valence-electron chi connectivity index (χ4n) is 4.78. The van der Waals surface area contributed by atoms with E-state index in [2.05, 4.69) is 17.1 Å². The van der Waals surface area contributed by atoms with Gasteiger partial charge in [0.05, 0.1) is 35.7 Å². The summed E-state index contributed by atoms with van der Waals surface area (Å²) in [5.41, 5.74) is 5.01. The van der Waals surface area contributed by atoms with Crippen LogP contribution in [0.15, 0.2) is 59.7 Å². The normalized spacial score (nSPS) is 15.1. The Labute approximate surface area is 216 Å². The maximum absolute atomic E-state index is 13.0. The van der Waals surface area contributed by atoms with Crippen molar-refractivity contribution in [2.24, 2.45) is 4.99 Å².